The smallest absolute Gasteiger partial charge is 0.318 e. The Morgan fingerprint density at radius 2 is 2.14 bits per heavy atom. The fourth-order valence-electron chi connectivity index (χ4n) is 1.58. The summed E-state index contributed by atoms with van der Waals surface area (Å²) in [4.78, 5) is 21.4. The molecule has 0 fully saturated rings. The van der Waals surface area contributed by atoms with Gasteiger partial charge in [-0.25, -0.2) is 0 Å². The fraction of sp³-hybridized carbons (Fsp3) is 0.100. The van der Waals surface area contributed by atoms with E-state index in [1.54, 1.807) is 16.7 Å². The van der Waals surface area contributed by atoms with Gasteiger partial charge < -0.3 is 4.57 Å². The third-order valence-corrected chi connectivity index (χ3v) is 2.21. The Morgan fingerprint density at radius 1 is 1.36 bits per heavy atom. The SMILES string of the molecule is Cn1ccc2cccc(C(=O)N=O)c21. The second-order valence-corrected chi connectivity index (χ2v) is 3.07. The van der Waals surface area contributed by atoms with Gasteiger partial charge in [0.25, 0.3) is 0 Å². The molecule has 0 atom stereocenters. The summed E-state index contributed by atoms with van der Waals surface area (Å²) in [6.45, 7) is 0. The monoisotopic (exact) mass is 188 g/mol. The first kappa shape index (κ1) is 8.62. The van der Waals surface area contributed by atoms with Gasteiger partial charge >= 0.3 is 5.91 Å². The average Bonchev–Trinajstić information content (AvgIpc) is 2.59. The van der Waals surface area contributed by atoms with Crippen molar-refractivity contribution in [2.75, 3.05) is 0 Å². The van der Waals surface area contributed by atoms with Gasteiger partial charge in [-0.05, 0) is 12.1 Å². The second kappa shape index (κ2) is 3.06. The normalized spacial score (nSPS) is 10.4. The van der Waals surface area contributed by atoms with Gasteiger partial charge in [0.15, 0.2) is 0 Å². The zero-order valence-corrected chi connectivity index (χ0v) is 7.60. The van der Waals surface area contributed by atoms with E-state index in [-0.39, 0.29) is 0 Å². The van der Waals surface area contributed by atoms with Crippen LogP contribution >= 0.6 is 0 Å². The predicted octanol–water partition coefficient (Wildman–Crippen LogP) is 2.08. The summed E-state index contributed by atoms with van der Waals surface area (Å²) in [5.74, 6) is -0.725. The van der Waals surface area contributed by atoms with Crippen molar-refractivity contribution in [3.63, 3.8) is 0 Å². The number of nitrogens with zero attached hydrogens (tertiary/aromatic N) is 2. The molecule has 0 radical (unpaired) electrons. The summed E-state index contributed by atoms with van der Waals surface area (Å²) < 4.78 is 1.80. The van der Waals surface area contributed by atoms with E-state index in [0.29, 0.717) is 5.56 Å². The third-order valence-electron chi connectivity index (χ3n) is 2.21. The molecule has 0 spiro atoms. The van der Waals surface area contributed by atoms with Crippen LogP contribution in [-0.4, -0.2) is 10.5 Å². The number of nitroso groups, excluding NO2 is 1. The quantitative estimate of drug-likeness (QED) is 0.643. The van der Waals surface area contributed by atoms with Crippen LogP contribution in [0, 0.1) is 4.91 Å². The molecule has 1 aromatic heterocycles. The number of carbonyl (C=O) groups is 1. The van der Waals surface area contributed by atoms with Gasteiger partial charge in [0, 0.05) is 23.8 Å². The number of fused-ring (bicyclic) bond motifs is 1. The van der Waals surface area contributed by atoms with E-state index in [0.717, 1.165) is 10.9 Å². The minimum absolute atomic E-state index is 0.352. The molecule has 0 saturated heterocycles. The Balaban J connectivity index is 2.81. The Kier molecular flexibility index (Phi) is 1.89. The van der Waals surface area contributed by atoms with E-state index in [1.165, 1.54) is 0 Å². The summed E-state index contributed by atoms with van der Waals surface area (Å²) in [6.07, 6.45) is 1.84. The third kappa shape index (κ3) is 1.12. The van der Waals surface area contributed by atoms with E-state index in [2.05, 4.69) is 5.18 Å². The van der Waals surface area contributed by atoms with Gasteiger partial charge in [-0.2, -0.15) is 0 Å². The van der Waals surface area contributed by atoms with Crippen molar-refractivity contribution < 1.29 is 4.79 Å². The molecule has 1 amide bonds. The molecule has 70 valence electrons. The second-order valence-electron chi connectivity index (χ2n) is 3.07. The number of para-hydroxylation sites is 1. The van der Waals surface area contributed by atoms with Crippen LogP contribution in [0.5, 0.6) is 0 Å². The van der Waals surface area contributed by atoms with E-state index < -0.39 is 5.91 Å². The molecule has 2 rings (SSSR count). The number of aromatic nitrogens is 1. The van der Waals surface area contributed by atoms with Gasteiger partial charge in [-0.15, -0.1) is 4.91 Å². The van der Waals surface area contributed by atoms with E-state index >= 15 is 0 Å². The summed E-state index contributed by atoms with van der Waals surface area (Å²) in [7, 11) is 1.82. The van der Waals surface area contributed by atoms with Crippen molar-refractivity contribution in [2.45, 2.75) is 0 Å². The minimum Gasteiger partial charge on any atom is -0.350 e. The van der Waals surface area contributed by atoms with Crippen LogP contribution in [0.25, 0.3) is 10.9 Å². The fourth-order valence-corrected chi connectivity index (χ4v) is 1.58. The lowest BCUT2D eigenvalue weighted by atomic mass is 10.1. The maximum absolute atomic E-state index is 11.2. The molecule has 0 aliphatic rings. The number of benzene rings is 1. The molecule has 14 heavy (non-hydrogen) atoms. The Morgan fingerprint density at radius 3 is 2.86 bits per heavy atom. The van der Waals surface area contributed by atoms with Gasteiger partial charge in [0.2, 0.25) is 0 Å². The summed E-state index contributed by atoms with van der Waals surface area (Å²) >= 11 is 0. The zero-order valence-electron chi connectivity index (χ0n) is 7.60. The maximum Gasteiger partial charge on any atom is 0.318 e. The number of hydrogen-bond acceptors (Lipinski definition) is 2. The first-order chi connectivity index (χ1) is 6.74. The van der Waals surface area contributed by atoms with Crippen LogP contribution in [0.15, 0.2) is 35.6 Å². The molecule has 0 aliphatic carbocycles. The molecular weight excluding hydrogens is 180 g/mol. The van der Waals surface area contributed by atoms with Crippen molar-refractivity contribution in [3.8, 4) is 0 Å². The highest BCUT2D eigenvalue weighted by atomic mass is 16.3. The van der Waals surface area contributed by atoms with Gasteiger partial charge in [-0.1, -0.05) is 12.1 Å². The zero-order chi connectivity index (χ0) is 10.1. The molecule has 0 saturated carbocycles. The van der Waals surface area contributed by atoms with Crippen molar-refractivity contribution >= 4 is 16.8 Å². The summed E-state index contributed by atoms with van der Waals surface area (Å²) in [5, 5.41) is 3.36. The van der Waals surface area contributed by atoms with Gasteiger partial charge in [-0.3, -0.25) is 4.79 Å². The molecule has 0 N–H and O–H groups in total. The van der Waals surface area contributed by atoms with E-state index in [1.807, 2.05) is 25.4 Å². The molecule has 0 unspecified atom stereocenters. The van der Waals surface area contributed by atoms with Gasteiger partial charge in [0.1, 0.15) is 0 Å². The average molecular weight is 188 g/mol. The highest BCUT2D eigenvalue weighted by Gasteiger charge is 2.11. The number of hydrogen-bond donors (Lipinski definition) is 0. The minimum atomic E-state index is -0.725. The molecule has 4 heteroatoms. The van der Waals surface area contributed by atoms with Crippen LogP contribution < -0.4 is 0 Å². The van der Waals surface area contributed by atoms with E-state index in [4.69, 9.17) is 0 Å². The molecular formula is C10H8N2O2. The van der Waals surface area contributed by atoms with Crippen molar-refractivity contribution in [2.24, 2.45) is 12.2 Å². The number of aryl methyl sites for hydroxylation is 1. The van der Waals surface area contributed by atoms with Crippen LogP contribution in [0.2, 0.25) is 0 Å². The van der Waals surface area contributed by atoms with Crippen molar-refractivity contribution in [1.29, 1.82) is 0 Å². The lowest BCUT2D eigenvalue weighted by Crippen LogP contribution is -1.97. The number of amides is 1. The molecule has 2 aromatic rings. The summed E-state index contributed by atoms with van der Waals surface area (Å²) in [6, 6.07) is 7.11. The van der Waals surface area contributed by atoms with Crippen LogP contribution in [0.1, 0.15) is 10.4 Å². The highest BCUT2D eigenvalue weighted by Crippen LogP contribution is 2.19. The molecule has 1 aromatic carbocycles. The van der Waals surface area contributed by atoms with Crippen molar-refractivity contribution in [3.05, 3.63) is 40.9 Å². The number of carbonyl (C=O) groups excluding carboxylic acids is 1. The summed E-state index contributed by atoms with van der Waals surface area (Å²) in [5.41, 5.74) is 1.10. The maximum atomic E-state index is 11.2. The first-order valence-electron chi connectivity index (χ1n) is 4.16. The number of rotatable bonds is 1. The Hall–Kier alpha value is -1.97. The van der Waals surface area contributed by atoms with Crippen LogP contribution in [0.3, 0.4) is 0 Å². The first-order valence-corrected chi connectivity index (χ1v) is 4.16. The standard InChI is InChI=1S/C10H8N2O2/c1-12-6-5-7-3-2-4-8(9(7)12)10(13)11-14/h2-6H,1H3. The molecule has 4 nitrogen and oxygen atoms in total. The lowest BCUT2D eigenvalue weighted by Gasteiger charge is -2.00. The van der Waals surface area contributed by atoms with Crippen molar-refractivity contribution in [1.82, 2.24) is 4.57 Å². The Bertz CT molecular complexity index is 514. The van der Waals surface area contributed by atoms with Crippen LogP contribution in [-0.2, 0) is 7.05 Å². The molecule has 0 bridgehead atoms. The Labute approximate surface area is 80.1 Å². The van der Waals surface area contributed by atoms with Gasteiger partial charge in [0.05, 0.1) is 11.1 Å². The molecule has 1 heterocycles. The van der Waals surface area contributed by atoms with Crippen LogP contribution in [0.4, 0.5) is 0 Å². The topological polar surface area (TPSA) is 51.4 Å². The van der Waals surface area contributed by atoms with E-state index in [9.17, 15) is 9.70 Å². The highest BCUT2D eigenvalue weighted by molar-refractivity contribution is 6.06. The molecule has 0 aliphatic heterocycles. The lowest BCUT2D eigenvalue weighted by molar-refractivity contribution is 0.100. The predicted molar refractivity (Wildman–Crippen MR) is 53.0 cm³/mol. The largest absolute Gasteiger partial charge is 0.350 e.